The molecule has 0 bridgehead atoms. The Bertz CT molecular complexity index is 320. The van der Waals surface area contributed by atoms with Crippen LogP contribution in [0.3, 0.4) is 0 Å². The summed E-state index contributed by atoms with van der Waals surface area (Å²) in [5.41, 5.74) is 0. The van der Waals surface area contributed by atoms with Gasteiger partial charge in [-0.05, 0) is 25.4 Å². The summed E-state index contributed by atoms with van der Waals surface area (Å²) in [7, 11) is 1.57. The third-order valence-electron chi connectivity index (χ3n) is 1.40. The summed E-state index contributed by atoms with van der Waals surface area (Å²) in [5.74, 6) is 0.837. The van der Waals surface area contributed by atoms with E-state index >= 15 is 0 Å². The average Bonchev–Trinajstić information content (AvgIpc) is 2.12. The van der Waals surface area contributed by atoms with Crippen molar-refractivity contribution in [3.05, 3.63) is 5.28 Å². The molecule has 0 aliphatic heterocycles. The third kappa shape index (κ3) is 4.26. The quantitative estimate of drug-likeness (QED) is 0.746. The molecule has 0 saturated carbocycles. The molecule has 15 heavy (non-hydrogen) atoms. The third-order valence-corrected chi connectivity index (χ3v) is 1.57. The minimum atomic E-state index is 0.145. The lowest BCUT2D eigenvalue weighted by Gasteiger charge is -2.09. The molecule has 0 aliphatic carbocycles. The van der Waals surface area contributed by atoms with Gasteiger partial charge in [-0.15, -0.1) is 0 Å². The van der Waals surface area contributed by atoms with E-state index in [1.54, 1.807) is 7.11 Å². The largest absolute Gasteiger partial charge is 0.364 e. The molecule has 0 radical (unpaired) electrons. The monoisotopic (exact) mass is 231 g/mol. The van der Waals surface area contributed by atoms with Crippen molar-refractivity contribution in [2.75, 3.05) is 24.5 Å². The Hall–Kier alpha value is -1.14. The van der Waals surface area contributed by atoms with Crippen LogP contribution in [0.1, 0.15) is 13.8 Å². The van der Waals surface area contributed by atoms with E-state index < -0.39 is 0 Å². The molecule has 0 aromatic carbocycles. The van der Waals surface area contributed by atoms with E-state index in [0.717, 1.165) is 0 Å². The van der Waals surface area contributed by atoms with Gasteiger partial charge in [-0.1, -0.05) is 0 Å². The van der Waals surface area contributed by atoms with Crippen LogP contribution in [0.2, 0.25) is 5.28 Å². The zero-order valence-corrected chi connectivity index (χ0v) is 9.67. The van der Waals surface area contributed by atoms with Gasteiger partial charge < -0.3 is 15.4 Å². The molecule has 0 saturated heterocycles. The SMILES string of the molecule is COCNc1nc(Cl)nc(NC(C)C)n1. The molecule has 1 aromatic rings. The van der Waals surface area contributed by atoms with E-state index in [1.807, 2.05) is 13.8 Å². The van der Waals surface area contributed by atoms with Crippen LogP contribution in [0.25, 0.3) is 0 Å². The molecule has 0 aliphatic rings. The van der Waals surface area contributed by atoms with Crippen LogP contribution in [0, 0.1) is 0 Å². The van der Waals surface area contributed by atoms with Gasteiger partial charge in [0.25, 0.3) is 0 Å². The second-order valence-corrected chi connectivity index (χ2v) is 3.50. The second-order valence-electron chi connectivity index (χ2n) is 3.16. The molecule has 2 N–H and O–H groups in total. The van der Waals surface area contributed by atoms with E-state index in [-0.39, 0.29) is 11.3 Å². The highest BCUT2D eigenvalue weighted by molar-refractivity contribution is 6.28. The summed E-state index contributed by atoms with van der Waals surface area (Å²) >= 11 is 5.73. The van der Waals surface area contributed by atoms with Gasteiger partial charge in [-0.2, -0.15) is 15.0 Å². The highest BCUT2D eigenvalue weighted by atomic mass is 35.5. The maximum absolute atomic E-state index is 5.73. The molecular formula is C8H14ClN5O. The molecular weight excluding hydrogens is 218 g/mol. The van der Waals surface area contributed by atoms with Gasteiger partial charge in [-0.3, -0.25) is 0 Å². The summed E-state index contributed by atoms with van der Waals surface area (Å²) in [6.45, 7) is 4.29. The van der Waals surface area contributed by atoms with Gasteiger partial charge in [-0.25, -0.2) is 0 Å². The Morgan fingerprint density at radius 3 is 2.53 bits per heavy atom. The molecule has 0 amide bonds. The number of hydrogen-bond acceptors (Lipinski definition) is 6. The van der Waals surface area contributed by atoms with E-state index in [9.17, 15) is 0 Å². The van der Waals surface area contributed by atoms with E-state index in [2.05, 4.69) is 25.6 Å². The van der Waals surface area contributed by atoms with Crippen molar-refractivity contribution in [2.24, 2.45) is 0 Å². The van der Waals surface area contributed by atoms with E-state index in [1.165, 1.54) is 0 Å². The van der Waals surface area contributed by atoms with Crippen LogP contribution >= 0.6 is 11.6 Å². The number of anilines is 2. The predicted octanol–water partition coefficient (Wildman–Crippen LogP) is 1.36. The first-order valence-electron chi connectivity index (χ1n) is 4.52. The summed E-state index contributed by atoms with van der Waals surface area (Å²) in [4.78, 5) is 11.9. The molecule has 84 valence electrons. The summed E-state index contributed by atoms with van der Waals surface area (Å²) in [6, 6.07) is 0.235. The highest BCUT2D eigenvalue weighted by Crippen LogP contribution is 2.09. The number of aromatic nitrogens is 3. The lowest BCUT2D eigenvalue weighted by Crippen LogP contribution is -2.15. The zero-order chi connectivity index (χ0) is 11.3. The fourth-order valence-electron chi connectivity index (χ4n) is 0.889. The average molecular weight is 232 g/mol. The zero-order valence-electron chi connectivity index (χ0n) is 8.91. The van der Waals surface area contributed by atoms with Crippen molar-refractivity contribution >= 4 is 23.5 Å². The van der Waals surface area contributed by atoms with Crippen molar-refractivity contribution in [2.45, 2.75) is 19.9 Å². The second kappa shape index (κ2) is 5.67. The Labute approximate surface area is 93.4 Å². The Kier molecular flexibility index (Phi) is 4.51. The fraction of sp³-hybridized carbons (Fsp3) is 0.625. The summed E-state index contributed by atoms with van der Waals surface area (Å²) in [5, 5.41) is 6.02. The molecule has 7 heteroatoms. The normalized spacial score (nSPS) is 10.5. The lowest BCUT2D eigenvalue weighted by atomic mass is 10.4. The van der Waals surface area contributed by atoms with Crippen LogP contribution in [0.5, 0.6) is 0 Å². The predicted molar refractivity (Wildman–Crippen MR) is 59.1 cm³/mol. The van der Waals surface area contributed by atoms with Crippen molar-refractivity contribution in [3.8, 4) is 0 Å². The van der Waals surface area contributed by atoms with Gasteiger partial charge in [0, 0.05) is 13.2 Å². The van der Waals surface area contributed by atoms with Crippen molar-refractivity contribution in [1.82, 2.24) is 15.0 Å². The Morgan fingerprint density at radius 1 is 1.27 bits per heavy atom. The molecule has 6 nitrogen and oxygen atoms in total. The van der Waals surface area contributed by atoms with Gasteiger partial charge >= 0.3 is 0 Å². The van der Waals surface area contributed by atoms with Crippen molar-refractivity contribution in [3.63, 3.8) is 0 Å². The molecule has 1 heterocycles. The van der Waals surface area contributed by atoms with Gasteiger partial charge in [0.1, 0.15) is 6.73 Å². The molecule has 0 spiro atoms. The minimum absolute atomic E-state index is 0.145. The smallest absolute Gasteiger partial charge is 0.230 e. The van der Waals surface area contributed by atoms with Crippen LogP contribution in [0.15, 0.2) is 0 Å². The van der Waals surface area contributed by atoms with E-state index in [0.29, 0.717) is 18.6 Å². The summed E-state index contributed by atoms with van der Waals surface area (Å²) < 4.78 is 4.83. The van der Waals surface area contributed by atoms with Crippen LogP contribution in [-0.4, -0.2) is 34.8 Å². The lowest BCUT2D eigenvalue weighted by molar-refractivity contribution is 0.220. The first-order valence-corrected chi connectivity index (χ1v) is 4.90. The number of hydrogen-bond donors (Lipinski definition) is 2. The standard InChI is InChI=1S/C8H14ClN5O/c1-5(2)11-8-13-6(9)12-7(14-8)10-4-15-3/h5H,4H2,1-3H3,(H2,10,11,12,13,14). The Morgan fingerprint density at radius 2 is 1.93 bits per heavy atom. The van der Waals surface area contributed by atoms with Gasteiger partial charge in [0.2, 0.25) is 17.2 Å². The minimum Gasteiger partial charge on any atom is -0.364 e. The molecule has 1 rings (SSSR count). The number of rotatable bonds is 5. The molecule has 0 unspecified atom stereocenters. The fourth-order valence-corrected chi connectivity index (χ4v) is 1.05. The number of nitrogens with zero attached hydrogens (tertiary/aromatic N) is 3. The molecule has 0 fully saturated rings. The maximum Gasteiger partial charge on any atom is 0.230 e. The first-order chi connectivity index (χ1) is 7.11. The molecule has 0 atom stereocenters. The Balaban J connectivity index is 2.75. The number of ether oxygens (including phenoxy) is 1. The van der Waals surface area contributed by atoms with Crippen LogP contribution < -0.4 is 10.6 Å². The van der Waals surface area contributed by atoms with Crippen LogP contribution in [0.4, 0.5) is 11.9 Å². The number of methoxy groups -OCH3 is 1. The van der Waals surface area contributed by atoms with Crippen molar-refractivity contribution in [1.29, 1.82) is 0 Å². The van der Waals surface area contributed by atoms with Crippen molar-refractivity contribution < 1.29 is 4.74 Å². The molecule has 1 aromatic heterocycles. The van der Waals surface area contributed by atoms with Gasteiger partial charge in [0.05, 0.1) is 0 Å². The summed E-state index contributed by atoms with van der Waals surface area (Å²) in [6.07, 6.45) is 0. The maximum atomic E-state index is 5.73. The topological polar surface area (TPSA) is 72.0 Å². The highest BCUT2D eigenvalue weighted by Gasteiger charge is 2.05. The van der Waals surface area contributed by atoms with Crippen LogP contribution in [-0.2, 0) is 4.74 Å². The van der Waals surface area contributed by atoms with Gasteiger partial charge in [0.15, 0.2) is 0 Å². The van der Waals surface area contributed by atoms with E-state index in [4.69, 9.17) is 16.3 Å². The number of nitrogens with one attached hydrogen (secondary N) is 2. The first kappa shape index (κ1) is 11.9. The number of halogens is 1.